The van der Waals surface area contributed by atoms with Crippen molar-refractivity contribution in [1.82, 2.24) is 4.98 Å². The fourth-order valence-corrected chi connectivity index (χ4v) is 4.96. The van der Waals surface area contributed by atoms with Crippen molar-refractivity contribution in [2.45, 2.75) is 31.1 Å². The molecule has 1 N–H and O–H groups in total. The fraction of sp³-hybridized carbons (Fsp3) is 0.263. The summed E-state index contributed by atoms with van der Waals surface area (Å²) in [6, 6.07) is 14.3. The summed E-state index contributed by atoms with van der Waals surface area (Å²) >= 11 is 1.43. The van der Waals surface area contributed by atoms with Gasteiger partial charge in [-0.15, -0.1) is 0 Å². The first-order chi connectivity index (χ1) is 12.5. The lowest BCUT2D eigenvalue weighted by atomic mass is 10.1. The number of nitrogens with one attached hydrogen (secondary N) is 1. The summed E-state index contributed by atoms with van der Waals surface area (Å²) in [5, 5.41) is 3.33. The van der Waals surface area contributed by atoms with E-state index in [9.17, 15) is 13.2 Å². The number of amides is 1. The van der Waals surface area contributed by atoms with Crippen LogP contribution in [0.5, 0.6) is 0 Å². The molecule has 3 aromatic rings. The maximum atomic E-state index is 12.2. The maximum Gasteiger partial charge on any atom is 0.226 e. The third kappa shape index (κ3) is 4.28. The number of para-hydroxylation sites is 1. The van der Waals surface area contributed by atoms with E-state index in [0.29, 0.717) is 10.0 Å². The quantitative estimate of drug-likeness (QED) is 0.662. The van der Waals surface area contributed by atoms with Crippen molar-refractivity contribution in [3.05, 3.63) is 54.1 Å². The van der Waals surface area contributed by atoms with Crippen molar-refractivity contribution in [1.29, 1.82) is 0 Å². The Morgan fingerprint density at radius 3 is 2.62 bits per heavy atom. The molecule has 136 valence electrons. The van der Waals surface area contributed by atoms with E-state index in [-0.39, 0.29) is 24.5 Å². The van der Waals surface area contributed by atoms with E-state index in [4.69, 9.17) is 0 Å². The molecule has 5 nitrogen and oxygen atoms in total. The Labute approximate surface area is 157 Å². The van der Waals surface area contributed by atoms with E-state index in [1.54, 1.807) is 30.3 Å². The van der Waals surface area contributed by atoms with Crippen LogP contribution in [0.25, 0.3) is 10.2 Å². The lowest BCUT2D eigenvalue weighted by Crippen LogP contribution is -2.14. The van der Waals surface area contributed by atoms with Gasteiger partial charge < -0.3 is 5.32 Å². The van der Waals surface area contributed by atoms with Crippen molar-refractivity contribution < 1.29 is 13.2 Å². The molecule has 2 aromatic carbocycles. The number of hydrogen-bond acceptors (Lipinski definition) is 5. The molecule has 0 atom stereocenters. The minimum Gasteiger partial charge on any atom is -0.302 e. The fourth-order valence-electron chi connectivity index (χ4n) is 2.69. The Balaban J connectivity index is 1.58. The lowest BCUT2D eigenvalue weighted by molar-refractivity contribution is -0.116. The van der Waals surface area contributed by atoms with Crippen LogP contribution < -0.4 is 5.32 Å². The van der Waals surface area contributed by atoms with Crippen LogP contribution >= 0.6 is 11.3 Å². The molecular formula is C19H20N2O3S2. The summed E-state index contributed by atoms with van der Waals surface area (Å²) < 4.78 is 25.5. The van der Waals surface area contributed by atoms with Crippen LogP contribution in [0.15, 0.2) is 53.4 Å². The molecule has 1 heterocycles. The van der Waals surface area contributed by atoms with Gasteiger partial charge in [-0.1, -0.05) is 48.6 Å². The summed E-state index contributed by atoms with van der Waals surface area (Å²) in [6.07, 6.45) is 1.29. The summed E-state index contributed by atoms with van der Waals surface area (Å²) in [5.74, 6) is -0.269. The van der Waals surface area contributed by atoms with E-state index in [1.807, 2.05) is 18.2 Å². The number of sulfone groups is 1. The average Bonchev–Trinajstić information content (AvgIpc) is 3.04. The molecule has 1 aromatic heterocycles. The number of benzene rings is 2. The van der Waals surface area contributed by atoms with Crippen LogP contribution in [0, 0.1) is 0 Å². The van der Waals surface area contributed by atoms with Crippen LogP contribution in [0.1, 0.15) is 25.3 Å². The van der Waals surface area contributed by atoms with E-state index < -0.39 is 9.84 Å². The molecule has 0 fully saturated rings. The topological polar surface area (TPSA) is 76.1 Å². The number of rotatable bonds is 7. The molecule has 0 saturated carbocycles. The van der Waals surface area contributed by atoms with Crippen molar-refractivity contribution in [3.8, 4) is 0 Å². The van der Waals surface area contributed by atoms with Crippen LogP contribution in [0.3, 0.4) is 0 Å². The number of nitrogens with zero attached hydrogens (tertiary/aromatic N) is 1. The van der Waals surface area contributed by atoms with E-state index >= 15 is 0 Å². The Kier molecular flexibility index (Phi) is 5.68. The molecular weight excluding hydrogens is 368 g/mol. The lowest BCUT2D eigenvalue weighted by Gasteiger charge is -2.04. The highest BCUT2D eigenvalue weighted by atomic mass is 32.2. The highest BCUT2D eigenvalue weighted by Crippen LogP contribution is 2.28. The van der Waals surface area contributed by atoms with Gasteiger partial charge in [-0.25, -0.2) is 13.4 Å². The Morgan fingerprint density at radius 2 is 1.88 bits per heavy atom. The molecule has 3 rings (SSSR count). The standard InChI is InChI=1S/C19H20N2O3S2/c1-2-14-8-6-11-16-18(14)21-19(25-16)20-17(22)12-7-13-26(23,24)15-9-4-3-5-10-15/h3-6,8-11H,2,7,12-13H2,1H3,(H,20,21,22). The SMILES string of the molecule is CCc1cccc2sc(NC(=O)CCCS(=O)(=O)c3ccccc3)nc12. The van der Waals surface area contributed by atoms with Gasteiger partial charge in [-0.05, 0) is 36.6 Å². The second-order valence-corrected chi connectivity index (χ2v) is 9.06. The van der Waals surface area contributed by atoms with Gasteiger partial charge in [0.05, 0.1) is 20.9 Å². The van der Waals surface area contributed by atoms with Gasteiger partial charge in [-0.2, -0.15) is 0 Å². The highest BCUT2D eigenvalue weighted by molar-refractivity contribution is 7.91. The van der Waals surface area contributed by atoms with E-state index in [1.165, 1.54) is 11.3 Å². The summed E-state index contributed by atoms with van der Waals surface area (Å²) in [7, 11) is -3.35. The second-order valence-electron chi connectivity index (χ2n) is 5.92. The second kappa shape index (κ2) is 7.97. The number of carbonyl (C=O) groups is 1. The number of fused-ring (bicyclic) bond motifs is 1. The van der Waals surface area contributed by atoms with Crippen LogP contribution in [-0.2, 0) is 21.1 Å². The van der Waals surface area contributed by atoms with Gasteiger partial charge in [0.2, 0.25) is 5.91 Å². The number of aromatic nitrogens is 1. The summed E-state index contributed by atoms with van der Waals surface area (Å²) in [5.41, 5.74) is 2.06. The third-order valence-electron chi connectivity index (χ3n) is 4.05. The maximum absolute atomic E-state index is 12.2. The van der Waals surface area contributed by atoms with Gasteiger partial charge in [0.1, 0.15) is 0 Å². The monoisotopic (exact) mass is 388 g/mol. The van der Waals surface area contributed by atoms with Crippen molar-refractivity contribution in [3.63, 3.8) is 0 Å². The first-order valence-corrected chi connectivity index (χ1v) is 10.9. The average molecular weight is 389 g/mol. The first-order valence-electron chi connectivity index (χ1n) is 8.45. The van der Waals surface area contributed by atoms with Crippen molar-refractivity contribution in [2.75, 3.05) is 11.1 Å². The smallest absolute Gasteiger partial charge is 0.226 e. The van der Waals surface area contributed by atoms with Crippen molar-refractivity contribution >= 4 is 42.4 Å². The molecule has 0 radical (unpaired) electrons. The van der Waals surface area contributed by atoms with Crippen LogP contribution in [-0.4, -0.2) is 25.1 Å². The third-order valence-corrected chi connectivity index (χ3v) is 6.80. The zero-order valence-corrected chi connectivity index (χ0v) is 16.1. The number of carbonyl (C=O) groups excluding carboxylic acids is 1. The van der Waals surface area contributed by atoms with E-state index in [2.05, 4.69) is 17.2 Å². The van der Waals surface area contributed by atoms with Gasteiger partial charge in [0, 0.05) is 6.42 Å². The zero-order valence-electron chi connectivity index (χ0n) is 14.4. The molecule has 0 unspecified atom stereocenters. The summed E-state index contributed by atoms with van der Waals surface area (Å²) in [6.45, 7) is 2.07. The molecule has 0 aliphatic heterocycles. The van der Waals surface area contributed by atoms with Gasteiger partial charge >= 0.3 is 0 Å². The Hall–Kier alpha value is -2.25. The van der Waals surface area contributed by atoms with Gasteiger partial charge in [-0.3, -0.25) is 4.79 Å². The minimum absolute atomic E-state index is 0.0513. The predicted octanol–water partition coefficient (Wildman–Crippen LogP) is 4.05. The van der Waals surface area contributed by atoms with E-state index in [0.717, 1.165) is 22.2 Å². The zero-order chi connectivity index (χ0) is 18.6. The van der Waals surface area contributed by atoms with Crippen LogP contribution in [0.2, 0.25) is 0 Å². The number of anilines is 1. The van der Waals surface area contributed by atoms with Crippen LogP contribution in [0.4, 0.5) is 5.13 Å². The minimum atomic E-state index is -3.35. The Bertz CT molecular complexity index is 1010. The molecule has 0 aliphatic carbocycles. The van der Waals surface area contributed by atoms with Gasteiger partial charge in [0.25, 0.3) is 0 Å². The molecule has 0 spiro atoms. The normalized spacial score (nSPS) is 11.6. The predicted molar refractivity (Wildman–Crippen MR) is 105 cm³/mol. The molecule has 0 bridgehead atoms. The highest BCUT2D eigenvalue weighted by Gasteiger charge is 2.15. The molecule has 26 heavy (non-hydrogen) atoms. The molecule has 7 heteroatoms. The number of hydrogen-bond donors (Lipinski definition) is 1. The molecule has 1 amide bonds. The number of thiazole rings is 1. The Morgan fingerprint density at radius 1 is 1.12 bits per heavy atom. The summed E-state index contributed by atoms with van der Waals surface area (Å²) in [4.78, 5) is 16.9. The molecule has 0 aliphatic rings. The largest absolute Gasteiger partial charge is 0.302 e. The molecule has 0 saturated heterocycles. The van der Waals surface area contributed by atoms with Crippen molar-refractivity contribution in [2.24, 2.45) is 0 Å². The first kappa shape index (κ1) is 18.5. The van der Waals surface area contributed by atoms with Gasteiger partial charge in [0.15, 0.2) is 15.0 Å². The number of aryl methyl sites for hydroxylation is 1.